The molecule has 0 spiro atoms. The molecule has 1 aromatic rings. The summed E-state index contributed by atoms with van der Waals surface area (Å²) >= 11 is 0. The highest BCUT2D eigenvalue weighted by Gasteiger charge is 2.56. The minimum absolute atomic E-state index is 0.0250. The molecule has 2 saturated heterocycles. The van der Waals surface area contributed by atoms with E-state index in [4.69, 9.17) is 4.74 Å². The Hall–Kier alpha value is -3.88. The highest BCUT2D eigenvalue weighted by atomic mass is 16.6. The normalized spacial score (nSPS) is 35.7. The van der Waals surface area contributed by atoms with Gasteiger partial charge in [0, 0.05) is 24.2 Å². The van der Waals surface area contributed by atoms with Gasteiger partial charge in [0.25, 0.3) is 11.8 Å². The van der Waals surface area contributed by atoms with E-state index in [-0.39, 0.29) is 41.5 Å². The van der Waals surface area contributed by atoms with Gasteiger partial charge >= 0.3 is 5.97 Å². The number of ketones is 1. The van der Waals surface area contributed by atoms with E-state index in [1.807, 2.05) is 6.08 Å². The van der Waals surface area contributed by atoms with E-state index in [1.54, 1.807) is 30.3 Å². The molecule has 41 heavy (non-hydrogen) atoms. The molecule has 3 aliphatic heterocycles. The van der Waals surface area contributed by atoms with Crippen LogP contribution in [0.3, 0.4) is 0 Å². The van der Waals surface area contributed by atoms with Crippen LogP contribution in [0.2, 0.25) is 0 Å². The van der Waals surface area contributed by atoms with E-state index < -0.39 is 23.8 Å². The predicted octanol–water partition coefficient (Wildman–Crippen LogP) is 3.68. The summed E-state index contributed by atoms with van der Waals surface area (Å²) in [6.07, 6.45) is 11.8. The lowest BCUT2D eigenvalue weighted by molar-refractivity contribution is -0.192. The summed E-state index contributed by atoms with van der Waals surface area (Å²) in [4.78, 5) is 71.6. The monoisotopic (exact) mass is 558 g/mol. The van der Waals surface area contributed by atoms with Gasteiger partial charge in [-0.25, -0.2) is 0 Å². The molecule has 3 heterocycles. The Bertz CT molecular complexity index is 1410. The van der Waals surface area contributed by atoms with Crippen LogP contribution in [-0.2, 0) is 23.9 Å². The number of esters is 1. The lowest BCUT2D eigenvalue weighted by atomic mass is 9.49. The van der Waals surface area contributed by atoms with E-state index in [2.05, 4.69) is 25.2 Å². The number of amides is 4. The highest BCUT2D eigenvalue weighted by Crippen LogP contribution is 2.60. The Morgan fingerprint density at radius 3 is 2.24 bits per heavy atom. The Balaban J connectivity index is 0.000000149. The van der Waals surface area contributed by atoms with Gasteiger partial charge in [-0.3, -0.25) is 39.0 Å². The van der Waals surface area contributed by atoms with Crippen LogP contribution in [0, 0.1) is 23.2 Å². The number of ether oxygens (including phenoxy) is 1. The average molecular weight is 559 g/mol. The first-order chi connectivity index (χ1) is 19.5. The van der Waals surface area contributed by atoms with Crippen LogP contribution < -0.4 is 5.32 Å². The summed E-state index contributed by atoms with van der Waals surface area (Å²) in [6, 6.07) is 5.55. The number of rotatable bonds is 1. The molecular formula is C32H34N2O7. The van der Waals surface area contributed by atoms with Gasteiger partial charge in [-0.2, -0.15) is 0 Å². The van der Waals surface area contributed by atoms with Crippen LogP contribution in [-0.4, -0.2) is 51.9 Å². The zero-order chi connectivity index (χ0) is 29.1. The molecule has 0 bridgehead atoms. The lowest BCUT2D eigenvalue weighted by Crippen LogP contribution is -2.56. The number of hydrogen-bond acceptors (Lipinski definition) is 7. The lowest BCUT2D eigenvalue weighted by Gasteiger charge is -2.58. The number of imide groups is 2. The molecule has 1 unspecified atom stereocenters. The van der Waals surface area contributed by atoms with Crippen molar-refractivity contribution in [3.8, 4) is 0 Å². The fourth-order valence-corrected chi connectivity index (χ4v) is 8.13. The van der Waals surface area contributed by atoms with E-state index in [9.17, 15) is 28.8 Å². The molecule has 9 nitrogen and oxygen atoms in total. The Kier molecular flexibility index (Phi) is 6.58. The number of nitrogens with zero attached hydrogens (tertiary/aromatic N) is 1. The fourth-order valence-electron chi connectivity index (χ4n) is 8.13. The van der Waals surface area contributed by atoms with Crippen LogP contribution in [0.1, 0.15) is 85.9 Å². The number of piperidine rings is 1. The van der Waals surface area contributed by atoms with Crippen molar-refractivity contribution in [2.24, 2.45) is 23.2 Å². The number of allylic oxidation sites excluding steroid dienone is 4. The number of carbonyl (C=O) groups excluding carboxylic acids is 6. The van der Waals surface area contributed by atoms with Crippen molar-refractivity contribution in [2.45, 2.75) is 76.9 Å². The number of fused-ring (bicyclic) bond motifs is 6. The van der Waals surface area contributed by atoms with Gasteiger partial charge in [0.05, 0.1) is 11.1 Å². The van der Waals surface area contributed by atoms with Gasteiger partial charge in [0.1, 0.15) is 11.6 Å². The topological polar surface area (TPSA) is 127 Å². The van der Waals surface area contributed by atoms with Crippen molar-refractivity contribution in [1.82, 2.24) is 10.2 Å². The van der Waals surface area contributed by atoms with Gasteiger partial charge in [-0.05, 0) is 81.6 Å². The van der Waals surface area contributed by atoms with Crippen molar-refractivity contribution < 1.29 is 33.5 Å². The van der Waals surface area contributed by atoms with E-state index in [1.165, 1.54) is 5.57 Å². The number of nitrogens with one attached hydrogen (secondary N) is 1. The zero-order valence-electron chi connectivity index (χ0n) is 23.3. The largest absolute Gasteiger partial charge is 0.459 e. The second-order valence-corrected chi connectivity index (χ2v) is 12.5. The van der Waals surface area contributed by atoms with Crippen molar-refractivity contribution in [3.63, 3.8) is 0 Å². The summed E-state index contributed by atoms with van der Waals surface area (Å²) in [5.74, 6) is -0.151. The first-order valence-electron chi connectivity index (χ1n) is 14.5. The van der Waals surface area contributed by atoms with Crippen LogP contribution >= 0.6 is 0 Å². The maximum Gasteiger partial charge on any atom is 0.306 e. The van der Waals surface area contributed by atoms with Crippen LogP contribution in [0.25, 0.3) is 0 Å². The molecule has 4 fully saturated rings. The molecule has 6 aliphatic rings. The number of benzene rings is 1. The molecular weight excluding hydrogens is 524 g/mol. The zero-order valence-corrected chi connectivity index (χ0v) is 23.3. The second-order valence-electron chi connectivity index (χ2n) is 12.5. The van der Waals surface area contributed by atoms with Crippen molar-refractivity contribution in [1.29, 1.82) is 0 Å². The van der Waals surface area contributed by atoms with Crippen molar-refractivity contribution >= 4 is 35.4 Å². The van der Waals surface area contributed by atoms with Gasteiger partial charge < -0.3 is 4.74 Å². The minimum atomic E-state index is -0.898. The van der Waals surface area contributed by atoms with E-state index >= 15 is 0 Å². The Morgan fingerprint density at radius 2 is 1.56 bits per heavy atom. The first kappa shape index (κ1) is 27.3. The van der Waals surface area contributed by atoms with Crippen molar-refractivity contribution in [3.05, 3.63) is 59.2 Å². The molecule has 1 N–H and O–H groups in total. The molecule has 7 rings (SSSR count). The van der Waals surface area contributed by atoms with Gasteiger partial charge in [-0.1, -0.05) is 30.7 Å². The molecule has 6 atom stereocenters. The fraction of sp³-hybridized carbons (Fsp3) is 0.500. The van der Waals surface area contributed by atoms with E-state index in [0.29, 0.717) is 35.3 Å². The van der Waals surface area contributed by atoms with Gasteiger partial charge in [-0.15, -0.1) is 0 Å². The van der Waals surface area contributed by atoms with E-state index in [0.717, 1.165) is 37.0 Å². The van der Waals surface area contributed by atoms with Crippen molar-refractivity contribution in [2.75, 3.05) is 0 Å². The third kappa shape index (κ3) is 4.46. The molecule has 2 saturated carbocycles. The number of hydrogen-bond donors (Lipinski definition) is 1. The first-order valence-corrected chi connectivity index (χ1v) is 14.5. The summed E-state index contributed by atoms with van der Waals surface area (Å²) in [5, 5.41) is 2.15. The maximum atomic E-state index is 12.2. The highest BCUT2D eigenvalue weighted by molar-refractivity contribution is 6.23. The summed E-state index contributed by atoms with van der Waals surface area (Å²) in [5.41, 5.74) is 1.69. The third-order valence-electron chi connectivity index (χ3n) is 10.2. The number of carbonyl (C=O) groups is 6. The summed E-state index contributed by atoms with van der Waals surface area (Å²) < 4.78 is 5.79. The summed E-state index contributed by atoms with van der Waals surface area (Å²) in [6.45, 7) is 4.44. The summed E-state index contributed by atoms with van der Waals surface area (Å²) in [7, 11) is 0. The smallest absolute Gasteiger partial charge is 0.306 e. The molecule has 1 aromatic carbocycles. The third-order valence-corrected chi connectivity index (χ3v) is 10.2. The van der Waals surface area contributed by atoms with Crippen LogP contribution in [0.4, 0.5) is 0 Å². The molecule has 4 amide bonds. The van der Waals surface area contributed by atoms with Gasteiger partial charge in [0.2, 0.25) is 11.8 Å². The molecule has 214 valence electrons. The molecule has 9 heteroatoms. The quantitative estimate of drug-likeness (QED) is 0.412. The predicted molar refractivity (Wildman–Crippen MR) is 146 cm³/mol. The minimum Gasteiger partial charge on any atom is -0.459 e. The average Bonchev–Trinajstić information content (AvgIpc) is 3.18. The Morgan fingerprint density at radius 1 is 0.854 bits per heavy atom. The molecule has 0 aromatic heterocycles. The molecule has 3 aliphatic carbocycles. The Labute approximate surface area is 238 Å². The second kappa shape index (κ2) is 9.89. The van der Waals surface area contributed by atoms with Crippen LogP contribution in [0.15, 0.2) is 48.1 Å². The molecule has 0 radical (unpaired) electrons. The van der Waals surface area contributed by atoms with Crippen LogP contribution in [0.5, 0.6) is 0 Å². The SMILES string of the molecule is C[C@]12C=CC(=O)C=C1CC[C@@H]1[C@@H]2CC[C@]2(C)OC(=O)CC[C@@H]12.O=C1CCC(N2C(=O)c3ccccc3C2=O)C(=O)N1. The standard InChI is InChI=1S/C19H24O3.C13H10N2O4/c1-18-9-7-13(20)11-12(18)3-4-14-15(18)8-10-19(2)16(14)5-6-17(21)22-19;16-10-6-5-9(11(17)14-10)15-12(18)7-3-1-2-4-8(7)13(15)19/h7,9,11,14-16H,3-6,8,10H2,1-2H3;1-4,9H,5-6H2,(H,14,16,17)/t14-,15+,16+,18+,19+;/m1./s1. The van der Waals surface area contributed by atoms with Gasteiger partial charge in [0.15, 0.2) is 5.78 Å². The maximum absolute atomic E-state index is 12.2.